The minimum absolute atomic E-state index is 0.309. The first-order valence-electron chi connectivity index (χ1n) is 10.9. The van der Waals surface area contributed by atoms with Gasteiger partial charge in [0.25, 0.3) is 0 Å². The van der Waals surface area contributed by atoms with E-state index in [-0.39, 0.29) is 0 Å². The molecule has 0 radical (unpaired) electrons. The van der Waals surface area contributed by atoms with Crippen LogP contribution in [0.5, 0.6) is 0 Å². The van der Waals surface area contributed by atoms with E-state index in [0.29, 0.717) is 5.04 Å². The van der Waals surface area contributed by atoms with Gasteiger partial charge < -0.3 is 5.32 Å². The standard InChI is InChI=1S/C21H30Si.C6H7N/c1-5-6-13-18-22(21(2,3)4,19-14-9-7-10-15-19)20-16-11-8-12-17-20;1-2-4-6-7-5-3-1/h7-12,14-17H,5-6,13,18H2,1-4H3;1-7H. The molecule has 0 amide bonds. The van der Waals surface area contributed by atoms with Crippen LogP contribution in [0, 0.1) is 0 Å². The molecule has 0 aromatic heterocycles. The van der Waals surface area contributed by atoms with Crippen molar-refractivity contribution in [2.45, 2.75) is 58.0 Å². The molecule has 0 spiro atoms. The van der Waals surface area contributed by atoms with E-state index >= 15 is 0 Å². The van der Waals surface area contributed by atoms with Gasteiger partial charge in [-0.15, -0.1) is 0 Å². The molecule has 1 heterocycles. The second-order valence-electron chi connectivity index (χ2n) is 8.61. The highest BCUT2D eigenvalue weighted by Crippen LogP contribution is 2.39. The number of unbranched alkanes of at least 4 members (excludes halogenated alkanes) is 2. The smallest absolute Gasteiger partial charge is 0.123 e. The van der Waals surface area contributed by atoms with Crippen molar-refractivity contribution in [1.82, 2.24) is 5.32 Å². The molecule has 0 saturated carbocycles. The third-order valence-electron chi connectivity index (χ3n) is 5.69. The summed E-state index contributed by atoms with van der Waals surface area (Å²) in [5, 5.41) is 6.41. The number of allylic oxidation sites excluding steroid dienone is 4. The first-order valence-corrected chi connectivity index (χ1v) is 13.1. The molecule has 2 aromatic carbocycles. The molecular weight excluding hydrogens is 366 g/mol. The van der Waals surface area contributed by atoms with Crippen LogP contribution in [0.2, 0.25) is 11.1 Å². The van der Waals surface area contributed by atoms with E-state index in [9.17, 15) is 0 Å². The molecule has 1 N–H and O–H groups in total. The lowest BCUT2D eigenvalue weighted by molar-refractivity contribution is 0.700. The molecule has 0 saturated heterocycles. The molecule has 154 valence electrons. The molecule has 1 aliphatic heterocycles. The van der Waals surface area contributed by atoms with Gasteiger partial charge in [0, 0.05) is 12.4 Å². The minimum Gasteiger partial charge on any atom is -0.368 e. The quantitative estimate of drug-likeness (QED) is 0.434. The molecule has 0 atom stereocenters. The zero-order valence-corrected chi connectivity index (χ0v) is 19.6. The van der Waals surface area contributed by atoms with E-state index in [1.165, 1.54) is 25.3 Å². The van der Waals surface area contributed by atoms with Crippen molar-refractivity contribution in [3.05, 3.63) is 97.4 Å². The van der Waals surface area contributed by atoms with Crippen molar-refractivity contribution in [3.8, 4) is 0 Å². The van der Waals surface area contributed by atoms with E-state index in [1.807, 2.05) is 36.7 Å². The van der Waals surface area contributed by atoms with Crippen LogP contribution in [0.1, 0.15) is 47.0 Å². The van der Waals surface area contributed by atoms with Crippen molar-refractivity contribution >= 4 is 18.4 Å². The van der Waals surface area contributed by atoms with Gasteiger partial charge in [0.1, 0.15) is 8.07 Å². The van der Waals surface area contributed by atoms with E-state index < -0.39 is 8.07 Å². The predicted molar refractivity (Wildman–Crippen MR) is 133 cm³/mol. The Bertz CT molecular complexity index is 729. The molecule has 2 aromatic rings. The summed E-state index contributed by atoms with van der Waals surface area (Å²) >= 11 is 0. The maximum absolute atomic E-state index is 2.92. The van der Waals surface area contributed by atoms with Gasteiger partial charge in [0.05, 0.1) is 0 Å². The van der Waals surface area contributed by atoms with E-state index in [0.717, 1.165) is 0 Å². The Balaban J connectivity index is 0.000000360. The molecule has 2 heteroatoms. The number of rotatable bonds is 6. The van der Waals surface area contributed by atoms with Crippen LogP contribution in [0.15, 0.2) is 97.4 Å². The van der Waals surface area contributed by atoms with Crippen LogP contribution in [0.3, 0.4) is 0 Å². The summed E-state index contributed by atoms with van der Waals surface area (Å²) in [6.45, 7) is 9.65. The zero-order chi connectivity index (χ0) is 21.0. The molecule has 0 unspecified atom stereocenters. The van der Waals surface area contributed by atoms with Crippen molar-refractivity contribution in [2.75, 3.05) is 0 Å². The Kier molecular flexibility index (Phi) is 9.20. The molecule has 0 aliphatic carbocycles. The second kappa shape index (κ2) is 11.6. The highest BCUT2D eigenvalue weighted by Gasteiger charge is 2.46. The summed E-state index contributed by atoms with van der Waals surface area (Å²) in [6, 6.07) is 24.0. The summed E-state index contributed by atoms with van der Waals surface area (Å²) in [5.74, 6) is 0. The predicted octanol–water partition coefficient (Wildman–Crippen LogP) is 6.41. The van der Waals surface area contributed by atoms with Gasteiger partial charge in [-0.2, -0.15) is 0 Å². The van der Waals surface area contributed by atoms with Gasteiger partial charge in [0.2, 0.25) is 0 Å². The van der Waals surface area contributed by atoms with Gasteiger partial charge in [-0.25, -0.2) is 0 Å². The number of nitrogens with one attached hydrogen (secondary N) is 1. The van der Waals surface area contributed by atoms with Gasteiger partial charge in [-0.05, 0) is 23.2 Å². The van der Waals surface area contributed by atoms with Crippen LogP contribution < -0.4 is 15.7 Å². The van der Waals surface area contributed by atoms with Crippen LogP contribution in [-0.4, -0.2) is 8.07 Å². The number of hydrogen-bond acceptors (Lipinski definition) is 1. The summed E-state index contributed by atoms with van der Waals surface area (Å²) < 4.78 is 0. The summed E-state index contributed by atoms with van der Waals surface area (Å²) in [7, 11) is -1.79. The molecule has 29 heavy (non-hydrogen) atoms. The van der Waals surface area contributed by atoms with Gasteiger partial charge in [-0.3, -0.25) is 0 Å². The van der Waals surface area contributed by atoms with Crippen molar-refractivity contribution in [1.29, 1.82) is 0 Å². The average Bonchev–Trinajstić information content (AvgIpc) is 3.05. The largest absolute Gasteiger partial charge is 0.368 e. The Labute approximate surface area is 179 Å². The van der Waals surface area contributed by atoms with Gasteiger partial charge >= 0.3 is 0 Å². The molecule has 0 bridgehead atoms. The van der Waals surface area contributed by atoms with Crippen LogP contribution in [-0.2, 0) is 0 Å². The number of benzene rings is 2. The summed E-state index contributed by atoms with van der Waals surface area (Å²) in [5.41, 5.74) is 0. The maximum Gasteiger partial charge on any atom is 0.123 e. The third kappa shape index (κ3) is 6.33. The Morgan fingerprint density at radius 2 is 1.17 bits per heavy atom. The van der Waals surface area contributed by atoms with Crippen LogP contribution in [0.4, 0.5) is 0 Å². The zero-order valence-electron chi connectivity index (χ0n) is 18.6. The van der Waals surface area contributed by atoms with Crippen molar-refractivity contribution in [3.63, 3.8) is 0 Å². The lowest BCUT2D eigenvalue weighted by atomic mass is 10.2. The summed E-state index contributed by atoms with van der Waals surface area (Å²) in [4.78, 5) is 0. The highest BCUT2D eigenvalue weighted by atomic mass is 28.3. The lowest BCUT2D eigenvalue weighted by Gasteiger charge is -2.44. The van der Waals surface area contributed by atoms with Gasteiger partial charge in [-0.1, -0.05) is 130 Å². The second-order valence-corrected chi connectivity index (χ2v) is 13.6. The monoisotopic (exact) mass is 403 g/mol. The Morgan fingerprint density at radius 3 is 1.59 bits per heavy atom. The van der Waals surface area contributed by atoms with Gasteiger partial charge in [0.15, 0.2) is 0 Å². The summed E-state index contributed by atoms with van der Waals surface area (Å²) in [6.07, 6.45) is 15.5. The Morgan fingerprint density at radius 1 is 0.690 bits per heavy atom. The fourth-order valence-electron chi connectivity index (χ4n) is 4.19. The number of hydrogen-bond donors (Lipinski definition) is 1. The molecule has 3 rings (SSSR count). The van der Waals surface area contributed by atoms with E-state index in [2.05, 4.69) is 93.7 Å². The molecule has 1 aliphatic rings. The topological polar surface area (TPSA) is 12.0 Å². The van der Waals surface area contributed by atoms with E-state index in [4.69, 9.17) is 0 Å². The minimum atomic E-state index is -1.79. The molecule has 0 fully saturated rings. The average molecular weight is 404 g/mol. The van der Waals surface area contributed by atoms with Crippen LogP contribution in [0.25, 0.3) is 0 Å². The molecule has 1 nitrogen and oxygen atoms in total. The normalized spacial score (nSPS) is 13.2. The highest BCUT2D eigenvalue weighted by molar-refractivity contribution is 7.04. The fourth-order valence-corrected chi connectivity index (χ4v) is 9.88. The maximum atomic E-state index is 2.92. The first-order chi connectivity index (χ1) is 14.0. The lowest BCUT2D eigenvalue weighted by Crippen LogP contribution is -2.64. The fraction of sp³-hybridized carbons (Fsp3) is 0.333. The third-order valence-corrected chi connectivity index (χ3v) is 12.0. The van der Waals surface area contributed by atoms with Crippen molar-refractivity contribution < 1.29 is 0 Å². The Hall–Kier alpha value is -2.32. The molecular formula is C27H37NSi. The van der Waals surface area contributed by atoms with Crippen LogP contribution >= 0.6 is 0 Å². The first kappa shape index (κ1) is 23.0. The SMILES string of the molecule is C1=CC=CNC=C1.CCCCC[Si](c1ccccc1)(c1ccccc1)C(C)(C)C. The van der Waals surface area contributed by atoms with Crippen molar-refractivity contribution in [2.24, 2.45) is 0 Å². The van der Waals surface area contributed by atoms with E-state index in [1.54, 1.807) is 10.4 Å².